The Labute approximate surface area is 272 Å². The van der Waals surface area contributed by atoms with E-state index in [1.54, 1.807) is 0 Å². The van der Waals surface area contributed by atoms with Crippen molar-refractivity contribution in [2.24, 2.45) is 0 Å². The molecule has 0 saturated heterocycles. The molecule has 1 aliphatic carbocycles. The van der Waals surface area contributed by atoms with Gasteiger partial charge in [0.05, 0.1) is 5.56 Å². The number of aromatic nitrogens is 3. The Morgan fingerprint density at radius 1 is 0.489 bits per heavy atom. The zero-order chi connectivity index (χ0) is 31.2. The van der Waals surface area contributed by atoms with E-state index in [1.807, 2.05) is 36.4 Å². The van der Waals surface area contributed by atoms with Gasteiger partial charge in [-0.15, -0.1) is 0 Å². The van der Waals surface area contributed by atoms with Gasteiger partial charge in [-0.1, -0.05) is 133 Å². The molecule has 0 amide bonds. The zero-order valence-electron chi connectivity index (χ0n) is 25.6. The summed E-state index contributed by atoms with van der Waals surface area (Å²) < 4.78 is 6.80. The lowest BCUT2D eigenvalue weighted by Crippen LogP contribution is -2.03. The summed E-state index contributed by atoms with van der Waals surface area (Å²) >= 11 is 0. The minimum atomic E-state index is 0.591. The van der Waals surface area contributed by atoms with Crippen LogP contribution in [0.15, 0.2) is 156 Å². The van der Waals surface area contributed by atoms with Gasteiger partial charge in [-0.3, -0.25) is 0 Å². The molecule has 0 bridgehead atoms. The molecule has 0 fully saturated rings. The topological polar surface area (TPSA) is 51.8 Å². The molecule has 2 aromatic heterocycles. The van der Waals surface area contributed by atoms with E-state index in [2.05, 4.69) is 115 Å². The van der Waals surface area contributed by atoms with Crippen LogP contribution in [0.1, 0.15) is 18.7 Å². The van der Waals surface area contributed by atoms with Crippen molar-refractivity contribution >= 4 is 38.3 Å². The molecule has 0 saturated carbocycles. The molecule has 8 aromatic rings. The molecule has 0 aliphatic heterocycles. The highest BCUT2D eigenvalue weighted by Gasteiger charge is 2.21. The fourth-order valence-corrected chi connectivity index (χ4v) is 6.58. The lowest BCUT2D eigenvalue weighted by atomic mass is 9.94. The number of benzene rings is 6. The molecule has 222 valence electrons. The average molecular weight is 604 g/mol. The van der Waals surface area contributed by atoms with Crippen LogP contribution in [0.3, 0.4) is 0 Å². The van der Waals surface area contributed by atoms with E-state index < -0.39 is 0 Å². The molecule has 0 atom stereocenters. The first-order chi connectivity index (χ1) is 23.3. The van der Waals surface area contributed by atoms with Gasteiger partial charge in [-0.2, -0.15) is 0 Å². The molecule has 1 aliphatic rings. The largest absolute Gasteiger partial charge is 0.455 e. The van der Waals surface area contributed by atoms with Gasteiger partial charge >= 0.3 is 0 Å². The Bertz CT molecular complexity index is 2490. The van der Waals surface area contributed by atoms with Crippen LogP contribution < -0.4 is 0 Å². The molecule has 47 heavy (non-hydrogen) atoms. The van der Waals surface area contributed by atoms with E-state index >= 15 is 0 Å². The highest BCUT2D eigenvalue weighted by molar-refractivity contribution is 6.18. The first-order valence-corrected chi connectivity index (χ1v) is 16.0. The highest BCUT2D eigenvalue weighted by Crippen LogP contribution is 2.43. The van der Waals surface area contributed by atoms with Crippen LogP contribution in [0, 0.1) is 0 Å². The summed E-state index contributed by atoms with van der Waals surface area (Å²) in [6, 6.07) is 46.5. The summed E-state index contributed by atoms with van der Waals surface area (Å²) in [7, 11) is 0. The van der Waals surface area contributed by atoms with Crippen LogP contribution in [-0.4, -0.2) is 15.0 Å². The van der Waals surface area contributed by atoms with Crippen molar-refractivity contribution in [2.45, 2.75) is 12.8 Å². The third kappa shape index (κ3) is 4.91. The summed E-state index contributed by atoms with van der Waals surface area (Å²) in [5, 5.41) is 4.43. The Balaban J connectivity index is 1.29. The van der Waals surface area contributed by atoms with E-state index in [-0.39, 0.29) is 0 Å². The lowest BCUT2D eigenvalue weighted by molar-refractivity contribution is 0.670. The summed E-state index contributed by atoms with van der Waals surface area (Å²) in [6.07, 6.45) is 8.49. The molecule has 0 radical (unpaired) electrons. The fourth-order valence-electron chi connectivity index (χ4n) is 6.58. The third-order valence-electron chi connectivity index (χ3n) is 8.95. The van der Waals surface area contributed by atoms with Crippen LogP contribution in [-0.2, 0) is 0 Å². The molecule has 9 rings (SSSR count). The normalized spacial score (nSPS) is 13.0. The standard InChI is InChI=1S/C43H29N3O/c1-4-12-28(13-5-1)29-20-22-30(23-21-29)35-24-25-36(40-39(35)37-26-33-18-10-11-19-34(33)27-38(37)47-40)43-45-41(31-14-6-2-7-15-31)44-42(46-43)32-16-8-3-9-17-32/h1-2,4-8,10-27H,3,9H2. The average Bonchev–Trinajstić information content (AvgIpc) is 3.53. The van der Waals surface area contributed by atoms with Crippen molar-refractivity contribution in [1.29, 1.82) is 0 Å². The maximum atomic E-state index is 6.80. The molecule has 0 N–H and O–H groups in total. The molecule has 0 spiro atoms. The Morgan fingerprint density at radius 2 is 1.11 bits per heavy atom. The summed E-state index contributed by atoms with van der Waals surface area (Å²) in [4.78, 5) is 15.1. The predicted molar refractivity (Wildman–Crippen MR) is 193 cm³/mol. The summed E-state index contributed by atoms with van der Waals surface area (Å²) in [5.74, 6) is 1.90. The van der Waals surface area contributed by atoms with Crippen molar-refractivity contribution in [2.75, 3.05) is 0 Å². The van der Waals surface area contributed by atoms with Gasteiger partial charge in [-0.25, -0.2) is 15.0 Å². The first kappa shape index (κ1) is 27.2. The van der Waals surface area contributed by atoms with E-state index in [1.165, 1.54) is 16.5 Å². The van der Waals surface area contributed by atoms with Gasteiger partial charge in [0.15, 0.2) is 17.5 Å². The molecular formula is C43H29N3O. The van der Waals surface area contributed by atoms with Gasteiger partial charge < -0.3 is 4.42 Å². The van der Waals surface area contributed by atoms with Crippen molar-refractivity contribution in [3.63, 3.8) is 0 Å². The molecular weight excluding hydrogens is 574 g/mol. The first-order valence-electron chi connectivity index (χ1n) is 16.0. The second-order valence-corrected chi connectivity index (χ2v) is 11.9. The third-order valence-corrected chi connectivity index (χ3v) is 8.95. The van der Waals surface area contributed by atoms with Crippen LogP contribution in [0.25, 0.3) is 83.3 Å². The number of furan rings is 1. The van der Waals surface area contributed by atoms with E-state index in [0.717, 1.165) is 68.0 Å². The maximum absolute atomic E-state index is 6.80. The van der Waals surface area contributed by atoms with Crippen LogP contribution in [0.2, 0.25) is 0 Å². The van der Waals surface area contributed by atoms with E-state index in [4.69, 9.17) is 19.4 Å². The monoisotopic (exact) mass is 603 g/mol. The molecule has 4 heteroatoms. The molecule has 6 aromatic carbocycles. The second kappa shape index (κ2) is 11.3. The number of hydrogen-bond donors (Lipinski definition) is 0. The van der Waals surface area contributed by atoms with Crippen LogP contribution in [0.5, 0.6) is 0 Å². The minimum Gasteiger partial charge on any atom is -0.455 e. The maximum Gasteiger partial charge on any atom is 0.167 e. The van der Waals surface area contributed by atoms with E-state index in [0.29, 0.717) is 17.5 Å². The quantitative estimate of drug-likeness (QED) is 0.196. The van der Waals surface area contributed by atoms with Crippen LogP contribution in [0.4, 0.5) is 0 Å². The van der Waals surface area contributed by atoms with Gasteiger partial charge in [-0.05, 0) is 64.1 Å². The van der Waals surface area contributed by atoms with Crippen molar-refractivity contribution < 1.29 is 4.42 Å². The smallest absolute Gasteiger partial charge is 0.167 e. The van der Waals surface area contributed by atoms with Crippen LogP contribution >= 0.6 is 0 Å². The Hall–Kier alpha value is -6.13. The minimum absolute atomic E-state index is 0.591. The van der Waals surface area contributed by atoms with Gasteiger partial charge in [0.25, 0.3) is 0 Å². The molecule has 2 heterocycles. The molecule has 4 nitrogen and oxygen atoms in total. The van der Waals surface area contributed by atoms with Gasteiger partial charge in [0.2, 0.25) is 0 Å². The second-order valence-electron chi connectivity index (χ2n) is 11.9. The number of rotatable bonds is 5. The number of allylic oxidation sites excluding steroid dienone is 4. The van der Waals surface area contributed by atoms with Crippen molar-refractivity contribution in [3.05, 3.63) is 158 Å². The van der Waals surface area contributed by atoms with Gasteiger partial charge in [0, 0.05) is 21.9 Å². The number of nitrogens with zero attached hydrogens (tertiary/aromatic N) is 3. The van der Waals surface area contributed by atoms with Crippen molar-refractivity contribution in [1.82, 2.24) is 15.0 Å². The highest BCUT2D eigenvalue weighted by atomic mass is 16.3. The number of hydrogen-bond acceptors (Lipinski definition) is 4. The lowest BCUT2D eigenvalue weighted by Gasteiger charge is -2.12. The fraction of sp³-hybridized carbons (Fsp3) is 0.0465. The summed E-state index contributed by atoms with van der Waals surface area (Å²) in [6.45, 7) is 0. The Morgan fingerprint density at radius 3 is 1.85 bits per heavy atom. The Kier molecular flexibility index (Phi) is 6.57. The number of fused-ring (bicyclic) bond motifs is 4. The zero-order valence-corrected chi connectivity index (χ0v) is 25.6. The van der Waals surface area contributed by atoms with Crippen molar-refractivity contribution in [3.8, 4) is 45.0 Å². The van der Waals surface area contributed by atoms with E-state index in [9.17, 15) is 0 Å². The predicted octanol–water partition coefficient (Wildman–Crippen LogP) is 11.3. The van der Waals surface area contributed by atoms with Gasteiger partial charge in [0.1, 0.15) is 11.2 Å². The SMILES string of the molecule is C1=CC(c2nc(-c3ccccc3)nc(-c3ccc(-c4ccc(-c5ccccc5)cc4)c4c3oc3cc5ccccc5cc34)n2)=CCC1. The summed E-state index contributed by atoms with van der Waals surface area (Å²) in [5.41, 5.74) is 9.01. The molecule has 0 unspecified atom stereocenters.